The molecular weight excluding hydrogens is 333 g/mol. The number of aliphatic carboxylic acids is 1. The van der Waals surface area contributed by atoms with Crippen molar-refractivity contribution in [2.24, 2.45) is 5.92 Å². The van der Waals surface area contributed by atoms with Crippen LogP contribution in [0.2, 0.25) is 8.67 Å². The van der Waals surface area contributed by atoms with Crippen LogP contribution in [0.15, 0.2) is 11.0 Å². The highest BCUT2D eigenvalue weighted by molar-refractivity contribution is 7.89. The number of halogens is 2. The van der Waals surface area contributed by atoms with Crippen LogP contribution in [0.4, 0.5) is 0 Å². The zero-order valence-electron chi connectivity index (χ0n) is 10.2. The summed E-state index contributed by atoms with van der Waals surface area (Å²) in [7, 11) is -4.01. The number of carboxylic acid groups (broad SMARTS) is 1. The van der Waals surface area contributed by atoms with Crippen molar-refractivity contribution in [1.82, 2.24) is 4.72 Å². The Labute approximate surface area is 125 Å². The normalized spacial score (nSPS) is 15.2. The van der Waals surface area contributed by atoms with E-state index in [0.29, 0.717) is 6.42 Å². The lowest BCUT2D eigenvalue weighted by molar-refractivity contribution is -0.140. The molecule has 1 unspecified atom stereocenters. The Morgan fingerprint density at radius 2 is 2.11 bits per heavy atom. The molecule has 0 aliphatic rings. The van der Waals surface area contributed by atoms with Crippen LogP contribution < -0.4 is 4.72 Å². The topological polar surface area (TPSA) is 83.5 Å². The average molecular weight is 346 g/mol. The van der Waals surface area contributed by atoms with Gasteiger partial charge in [-0.3, -0.25) is 4.79 Å². The molecule has 0 amide bonds. The van der Waals surface area contributed by atoms with Crippen molar-refractivity contribution >= 4 is 50.5 Å². The van der Waals surface area contributed by atoms with Crippen LogP contribution in [0.3, 0.4) is 0 Å². The average Bonchev–Trinajstić information content (AvgIpc) is 2.65. The Morgan fingerprint density at radius 3 is 2.47 bits per heavy atom. The Hall–Kier alpha value is -0.340. The van der Waals surface area contributed by atoms with E-state index in [1.807, 2.05) is 0 Å². The fourth-order valence-corrected chi connectivity index (χ4v) is 4.83. The van der Waals surface area contributed by atoms with Crippen molar-refractivity contribution in [3.8, 4) is 0 Å². The van der Waals surface area contributed by atoms with Crippen LogP contribution in [0.5, 0.6) is 0 Å². The molecule has 1 aromatic heterocycles. The molecule has 1 heterocycles. The summed E-state index contributed by atoms with van der Waals surface area (Å²) in [4.78, 5) is 10.9. The molecule has 0 bridgehead atoms. The summed E-state index contributed by atoms with van der Waals surface area (Å²) in [5.41, 5.74) is 0. The first-order valence-corrected chi connectivity index (χ1v) is 8.44. The van der Waals surface area contributed by atoms with Crippen molar-refractivity contribution in [3.63, 3.8) is 0 Å². The van der Waals surface area contributed by atoms with Crippen LogP contribution in [0.25, 0.3) is 0 Å². The largest absolute Gasteiger partial charge is 0.480 e. The monoisotopic (exact) mass is 345 g/mol. The SMILES string of the molecule is CCC(C)[C@H](NS(=O)(=O)c1cc(Cl)sc1Cl)C(=O)O. The zero-order valence-corrected chi connectivity index (χ0v) is 13.3. The third kappa shape index (κ3) is 4.06. The zero-order chi connectivity index (χ0) is 14.8. The highest BCUT2D eigenvalue weighted by Crippen LogP contribution is 2.34. The second-order valence-corrected chi connectivity index (χ2v) is 7.98. The smallest absolute Gasteiger partial charge is 0.322 e. The Balaban J connectivity index is 3.08. The summed E-state index contributed by atoms with van der Waals surface area (Å²) >= 11 is 12.4. The number of thiophene rings is 1. The number of carbonyl (C=O) groups is 1. The predicted octanol–water partition coefficient (Wildman–Crippen LogP) is 2.83. The van der Waals surface area contributed by atoms with Gasteiger partial charge in [-0.1, -0.05) is 43.5 Å². The minimum absolute atomic E-state index is 0.00536. The van der Waals surface area contributed by atoms with E-state index in [4.69, 9.17) is 28.3 Å². The highest BCUT2D eigenvalue weighted by Gasteiger charge is 2.31. The Bertz CT molecular complexity index is 570. The van der Waals surface area contributed by atoms with Crippen molar-refractivity contribution < 1.29 is 18.3 Å². The molecule has 0 fully saturated rings. The van der Waals surface area contributed by atoms with Crippen LogP contribution in [-0.2, 0) is 14.8 Å². The molecule has 0 aliphatic carbocycles. The summed E-state index contributed by atoms with van der Waals surface area (Å²) in [5, 5.41) is 9.08. The molecule has 108 valence electrons. The molecule has 5 nitrogen and oxygen atoms in total. The predicted molar refractivity (Wildman–Crippen MR) is 75.5 cm³/mol. The molecule has 2 N–H and O–H groups in total. The Morgan fingerprint density at radius 1 is 1.53 bits per heavy atom. The van der Waals surface area contributed by atoms with E-state index in [9.17, 15) is 13.2 Å². The van der Waals surface area contributed by atoms with E-state index in [-0.39, 0.29) is 19.5 Å². The number of hydrogen-bond donors (Lipinski definition) is 2. The van der Waals surface area contributed by atoms with Gasteiger partial charge in [0, 0.05) is 0 Å². The fraction of sp³-hybridized carbons (Fsp3) is 0.500. The van der Waals surface area contributed by atoms with Gasteiger partial charge in [0.1, 0.15) is 15.3 Å². The van der Waals surface area contributed by atoms with Crippen molar-refractivity contribution in [3.05, 3.63) is 14.7 Å². The van der Waals surface area contributed by atoms with Gasteiger partial charge in [-0.25, -0.2) is 8.42 Å². The van der Waals surface area contributed by atoms with Gasteiger partial charge in [0.05, 0.1) is 4.34 Å². The second-order valence-electron chi connectivity index (χ2n) is 4.01. The standard InChI is InChI=1S/C10H13Cl2NO4S2/c1-3-5(2)8(10(14)15)13-19(16,17)6-4-7(11)18-9(6)12/h4-5,8,13H,3H2,1-2H3,(H,14,15)/t5?,8-/m0/s1. The lowest BCUT2D eigenvalue weighted by Gasteiger charge is -2.19. The van der Waals surface area contributed by atoms with E-state index in [0.717, 1.165) is 11.3 Å². The van der Waals surface area contributed by atoms with E-state index < -0.39 is 22.0 Å². The fourth-order valence-electron chi connectivity index (χ4n) is 1.38. The van der Waals surface area contributed by atoms with Gasteiger partial charge in [-0.15, -0.1) is 11.3 Å². The third-order valence-corrected chi connectivity index (χ3v) is 5.87. The summed E-state index contributed by atoms with van der Waals surface area (Å²) in [6.45, 7) is 3.44. The van der Waals surface area contributed by atoms with E-state index >= 15 is 0 Å². The molecule has 9 heteroatoms. The van der Waals surface area contributed by atoms with Crippen LogP contribution >= 0.6 is 34.5 Å². The molecule has 0 aromatic carbocycles. The first-order valence-electron chi connectivity index (χ1n) is 5.39. The van der Waals surface area contributed by atoms with Crippen LogP contribution in [0, 0.1) is 5.92 Å². The lowest BCUT2D eigenvalue weighted by Crippen LogP contribution is -2.44. The van der Waals surface area contributed by atoms with Gasteiger partial charge in [0.2, 0.25) is 10.0 Å². The molecule has 0 spiro atoms. The molecular formula is C10H13Cl2NO4S2. The maximum atomic E-state index is 12.1. The molecule has 1 aromatic rings. The summed E-state index contributed by atoms with van der Waals surface area (Å²) in [5.74, 6) is -1.57. The third-order valence-electron chi connectivity index (χ3n) is 2.68. The Kier molecular flexibility index (Phi) is 5.64. The van der Waals surface area contributed by atoms with Crippen LogP contribution in [-0.4, -0.2) is 25.5 Å². The second kappa shape index (κ2) is 6.41. The summed E-state index contributed by atoms with van der Waals surface area (Å²) in [6, 6.07) is -0.00314. The maximum Gasteiger partial charge on any atom is 0.322 e. The maximum absolute atomic E-state index is 12.1. The van der Waals surface area contributed by atoms with Crippen molar-refractivity contribution in [2.75, 3.05) is 0 Å². The van der Waals surface area contributed by atoms with E-state index in [1.165, 1.54) is 6.07 Å². The highest BCUT2D eigenvalue weighted by atomic mass is 35.5. The van der Waals surface area contributed by atoms with Gasteiger partial charge in [0.15, 0.2) is 0 Å². The number of hydrogen-bond acceptors (Lipinski definition) is 4. The first kappa shape index (κ1) is 16.7. The van der Waals surface area contributed by atoms with Crippen molar-refractivity contribution in [1.29, 1.82) is 0 Å². The van der Waals surface area contributed by atoms with Gasteiger partial charge in [-0.2, -0.15) is 4.72 Å². The van der Waals surface area contributed by atoms with Crippen LogP contribution in [0.1, 0.15) is 20.3 Å². The van der Waals surface area contributed by atoms with E-state index in [1.54, 1.807) is 13.8 Å². The number of rotatable bonds is 6. The molecule has 2 atom stereocenters. The van der Waals surface area contributed by atoms with Gasteiger partial charge >= 0.3 is 5.97 Å². The molecule has 0 saturated heterocycles. The van der Waals surface area contributed by atoms with Gasteiger partial charge < -0.3 is 5.11 Å². The molecule has 0 radical (unpaired) electrons. The molecule has 0 saturated carbocycles. The summed E-state index contributed by atoms with van der Waals surface area (Å²) in [6.07, 6.45) is 0.525. The van der Waals surface area contributed by atoms with Crippen molar-refractivity contribution in [2.45, 2.75) is 31.2 Å². The molecule has 1 rings (SSSR count). The minimum atomic E-state index is -4.01. The van der Waals surface area contributed by atoms with E-state index in [2.05, 4.69) is 4.72 Å². The molecule has 19 heavy (non-hydrogen) atoms. The molecule has 0 aliphatic heterocycles. The minimum Gasteiger partial charge on any atom is -0.480 e. The number of nitrogens with one attached hydrogen (secondary N) is 1. The number of sulfonamides is 1. The number of carboxylic acids is 1. The summed E-state index contributed by atoms with van der Waals surface area (Å²) < 4.78 is 26.6. The van der Waals surface area contributed by atoms with Gasteiger partial charge in [0.25, 0.3) is 0 Å². The quantitative estimate of drug-likeness (QED) is 0.830. The first-order chi connectivity index (χ1) is 8.69. The lowest BCUT2D eigenvalue weighted by atomic mass is 10.0. The van der Waals surface area contributed by atoms with Gasteiger partial charge in [-0.05, 0) is 12.0 Å².